The largest absolute Gasteiger partial charge is 0.462 e. The van der Waals surface area contributed by atoms with Gasteiger partial charge >= 0.3 is 11.9 Å². The van der Waals surface area contributed by atoms with E-state index in [-0.39, 0.29) is 36.4 Å². The molecule has 7 nitrogen and oxygen atoms in total. The first-order valence-electron chi connectivity index (χ1n) is 14.8. The molecule has 0 aliphatic carbocycles. The molecular weight excluding hydrogens is 520 g/mol. The van der Waals surface area contributed by atoms with Gasteiger partial charge in [-0.2, -0.15) is 0 Å². The zero-order valence-electron chi connectivity index (χ0n) is 26.0. The van der Waals surface area contributed by atoms with Gasteiger partial charge in [-0.15, -0.1) is 0 Å². The van der Waals surface area contributed by atoms with Crippen LogP contribution in [0.5, 0.6) is 0 Å². The van der Waals surface area contributed by atoms with Crippen LogP contribution in [0.25, 0.3) is 0 Å². The number of esters is 2. The molecule has 0 aromatic heterocycles. The summed E-state index contributed by atoms with van der Waals surface area (Å²) in [4.78, 5) is 24.9. The van der Waals surface area contributed by atoms with Crippen molar-refractivity contribution in [2.75, 3.05) is 0 Å². The summed E-state index contributed by atoms with van der Waals surface area (Å²) in [6.07, 6.45) is 16.3. The smallest absolute Gasteiger partial charge is 0.331 e. The Balaban J connectivity index is 2.73. The molecule has 230 valence electrons. The van der Waals surface area contributed by atoms with E-state index in [4.69, 9.17) is 9.47 Å². The number of aliphatic hydroxyl groups is 3. The zero-order chi connectivity index (χ0) is 30.9. The first-order valence-corrected chi connectivity index (χ1v) is 14.8. The predicted molar refractivity (Wildman–Crippen MR) is 164 cm³/mol. The highest BCUT2D eigenvalue weighted by atomic mass is 16.5. The topological polar surface area (TPSA) is 113 Å². The highest BCUT2D eigenvalue weighted by Gasteiger charge is 2.23. The SMILES string of the molecule is CC(=C\C=C\C(C)=C\[C@H](O)[C@H](O)C[C@H](C)O)/C=C(C)/C=C/C(=O)O[C@H]1CCCC(=O)O[C@@H](C(C)C)C/C=C\C[C@@H]1C. The molecule has 1 aliphatic heterocycles. The second-order valence-electron chi connectivity index (χ2n) is 11.6. The van der Waals surface area contributed by atoms with Crippen molar-refractivity contribution < 1.29 is 34.4 Å². The van der Waals surface area contributed by atoms with E-state index in [0.29, 0.717) is 25.7 Å². The second kappa shape index (κ2) is 19.4. The molecule has 0 radical (unpaired) electrons. The van der Waals surface area contributed by atoms with Crippen LogP contribution in [0.2, 0.25) is 0 Å². The lowest BCUT2D eigenvalue weighted by Crippen LogP contribution is -2.27. The molecule has 0 saturated carbocycles. The molecular formula is C34H52O7. The number of hydrogen-bond donors (Lipinski definition) is 3. The molecule has 0 aromatic carbocycles. The van der Waals surface area contributed by atoms with Crippen LogP contribution in [-0.2, 0) is 19.1 Å². The van der Waals surface area contributed by atoms with Crippen LogP contribution in [-0.4, -0.2) is 57.8 Å². The average molecular weight is 573 g/mol. The molecule has 0 amide bonds. The van der Waals surface area contributed by atoms with Crippen molar-refractivity contribution in [2.24, 2.45) is 11.8 Å². The van der Waals surface area contributed by atoms with Crippen LogP contribution in [0, 0.1) is 11.8 Å². The Morgan fingerprint density at radius 1 is 1.02 bits per heavy atom. The van der Waals surface area contributed by atoms with Gasteiger partial charge in [-0.3, -0.25) is 4.79 Å². The van der Waals surface area contributed by atoms with E-state index in [9.17, 15) is 24.9 Å². The summed E-state index contributed by atoms with van der Waals surface area (Å²) in [6.45, 7) is 13.4. The molecule has 0 bridgehead atoms. The van der Waals surface area contributed by atoms with Gasteiger partial charge in [0.2, 0.25) is 0 Å². The Morgan fingerprint density at radius 3 is 2.37 bits per heavy atom. The number of carbonyl (C=O) groups is 2. The summed E-state index contributed by atoms with van der Waals surface area (Å²) in [5.41, 5.74) is 2.62. The van der Waals surface area contributed by atoms with Crippen molar-refractivity contribution in [3.05, 3.63) is 71.4 Å². The van der Waals surface area contributed by atoms with Crippen LogP contribution in [0.1, 0.15) is 87.0 Å². The summed E-state index contributed by atoms with van der Waals surface area (Å²) in [5, 5.41) is 29.3. The lowest BCUT2D eigenvalue weighted by atomic mass is 9.94. The van der Waals surface area contributed by atoms with Crippen LogP contribution < -0.4 is 0 Å². The van der Waals surface area contributed by atoms with Crippen molar-refractivity contribution in [1.29, 1.82) is 0 Å². The molecule has 0 spiro atoms. The summed E-state index contributed by atoms with van der Waals surface area (Å²) in [6, 6.07) is 0. The number of aliphatic hydroxyl groups excluding tert-OH is 3. The molecule has 1 rings (SSSR count). The Kier molecular flexibility index (Phi) is 17.2. The van der Waals surface area contributed by atoms with E-state index in [1.54, 1.807) is 19.1 Å². The fraction of sp³-hybridized carbons (Fsp3) is 0.588. The van der Waals surface area contributed by atoms with E-state index < -0.39 is 24.3 Å². The summed E-state index contributed by atoms with van der Waals surface area (Å²) in [7, 11) is 0. The van der Waals surface area contributed by atoms with Gasteiger partial charge in [-0.05, 0) is 58.8 Å². The van der Waals surface area contributed by atoms with Gasteiger partial charge in [0.15, 0.2) is 0 Å². The third-order valence-corrected chi connectivity index (χ3v) is 6.91. The van der Waals surface area contributed by atoms with Gasteiger partial charge < -0.3 is 24.8 Å². The number of hydrogen-bond acceptors (Lipinski definition) is 7. The lowest BCUT2D eigenvalue weighted by Gasteiger charge is -2.24. The Labute approximate surface area is 247 Å². The number of allylic oxidation sites excluding steroid dienone is 9. The fourth-order valence-corrected chi connectivity index (χ4v) is 4.40. The molecule has 1 heterocycles. The maximum absolute atomic E-state index is 12.6. The second-order valence-corrected chi connectivity index (χ2v) is 11.6. The highest BCUT2D eigenvalue weighted by molar-refractivity contribution is 5.82. The number of cyclic esters (lactones) is 1. The van der Waals surface area contributed by atoms with Gasteiger partial charge in [0, 0.05) is 25.3 Å². The van der Waals surface area contributed by atoms with Crippen LogP contribution in [0.15, 0.2) is 71.4 Å². The van der Waals surface area contributed by atoms with Crippen molar-refractivity contribution in [3.8, 4) is 0 Å². The number of rotatable bonds is 11. The van der Waals surface area contributed by atoms with Gasteiger partial charge in [0.25, 0.3) is 0 Å². The Hall–Kier alpha value is -2.74. The van der Waals surface area contributed by atoms with E-state index in [0.717, 1.165) is 23.1 Å². The molecule has 0 fully saturated rings. The first-order chi connectivity index (χ1) is 19.3. The predicted octanol–water partition coefficient (Wildman–Crippen LogP) is 6.07. The van der Waals surface area contributed by atoms with Crippen molar-refractivity contribution in [2.45, 2.75) is 118 Å². The van der Waals surface area contributed by atoms with Crippen LogP contribution in [0.4, 0.5) is 0 Å². The third-order valence-electron chi connectivity index (χ3n) is 6.91. The standard InChI is InChI=1S/C34H52O7/c1-23(2)31-15-9-8-14-27(6)32(16-11-17-33(38)40-31)41-34(39)19-18-26(5)20-24(3)12-10-13-25(4)21-29(36)30(37)22-28(7)35/h8-10,12-13,18-21,23,27-32,35-37H,11,14-17,22H2,1-7H3/b9-8-,13-10+,19-18+,24-12+,25-21+,26-20+/t27-,28-,29-,30+,31+,32-/m0/s1. The molecule has 0 aromatic rings. The summed E-state index contributed by atoms with van der Waals surface area (Å²) in [5.74, 6) is -0.228. The van der Waals surface area contributed by atoms with E-state index in [1.165, 1.54) is 6.08 Å². The minimum Gasteiger partial charge on any atom is -0.462 e. The summed E-state index contributed by atoms with van der Waals surface area (Å²) < 4.78 is 11.4. The minimum absolute atomic E-state index is 0.102. The van der Waals surface area contributed by atoms with Gasteiger partial charge in [0.05, 0.1) is 18.3 Å². The monoisotopic (exact) mass is 572 g/mol. The maximum atomic E-state index is 12.6. The van der Waals surface area contributed by atoms with Crippen LogP contribution in [0.3, 0.4) is 0 Å². The van der Waals surface area contributed by atoms with Crippen molar-refractivity contribution in [3.63, 3.8) is 0 Å². The minimum atomic E-state index is -1.05. The molecule has 41 heavy (non-hydrogen) atoms. The fourth-order valence-electron chi connectivity index (χ4n) is 4.40. The highest BCUT2D eigenvalue weighted by Crippen LogP contribution is 2.22. The maximum Gasteiger partial charge on any atom is 0.331 e. The van der Waals surface area contributed by atoms with E-state index >= 15 is 0 Å². The van der Waals surface area contributed by atoms with Gasteiger partial charge in [-0.1, -0.05) is 86.1 Å². The Bertz CT molecular complexity index is 997. The molecule has 0 unspecified atom stereocenters. The number of carbonyl (C=O) groups excluding carboxylic acids is 2. The first kappa shape index (κ1) is 36.3. The van der Waals surface area contributed by atoms with E-state index in [1.807, 2.05) is 45.1 Å². The normalized spacial score (nSPS) is 25.4. The van der Waals surface area contributed by atoms with E-state index in [2.05, 4.69) is 32.9 Å². The average Bonchev–Trinajstić information content (AvgIpc) is 2.87. The molecule has 7 heteroatoms. The third kappa shape index (κ3) is 16.3. The van der Waals surface area contributed by atoms with Crippen molar-refractivity contribution >= 4 is 11.9 Å². The number of ether oxygens (including phenoxy) is 2. The molecule has 1 aliphatic rings. The zero-order valence-corrected chi connectivity index (χ0v) is 26.0. The molecule has 0 saturated heterocycles. The van der Waals surface area contributed by atoms with Gasteiger partial charge in [0.1, 0.15) is 12.2 Å². The summed E-state index contributed by atoms with van der Waals surface area (Å²) >= 11 is 0. The van der Waals surface area contributed by atoms with Gasteiger partial charge in [-0.25, -0.2) is 4.79 Å². The molecule has 6 atom stereocenters. The Morgan fingerprint density at radius 2 is 1.71 bits per heavy atom. The van der Waals surface area contributed by atoms with Crippen molar-refractivity contribution in [1.82, 2.24) is 0 Å². The van der Waals surface area contributed by atoms with Crippen LogP contribution >= 0.6 is 0 Å². The lowest BCUT2D eigenvalue weighted by molar-refractivity contribution is -0.151. The molecule has 3 N–H and O–H groups in total. The quantitative estimate of drug-likeness (QED) is 0.119.